The van der Waals surface area contributed by atoms with Gasteiger partial charge in [0.2, 0.25) is 5.78 Å². The molecule has 8 heteroatoms. The molecular formula is C12H11F3O4S. The van der Waals surface area contributed by atoms with Crippen LogP contribution in [0.2, 0.25) is 0 Å². The van der Waals surface area contributed by atoms with Crippen molar-refractivity contribution in [3.05, 3.63) is 21.9 Å². The normalized spacial score (nSPS) is 12.8. The molecule has 0 amide bonds. The average molecular weight is 308 g/mol. The van der Waals surface area contributed by atoms with E-state index in [9.17, 15) is 27.6 Å². The van der Waals surface area contributed by atoms with Gasteiger partial charge in [0.15, 0.2) is 5.78 Å². The highest BCUT2D eigenvalue weighted by atomic mass is 32.1. The van der Waals surface area contributed by atoms with Gasteiger partial charge < -0.3 is 4.74 Å². The summed E-state index contributed by atoms with van der Waals surface area (Å²) in [6.07, 6.45) is -5.06. The summed E-state index contributed by atoms with van der Waals surface area (Å²) in [6, 6.07) is 2.49. The standard InChI is InChI=1S/C12H11F3O4S/c1-3-19-11(18)8-5-4-7(20-8)9(16)6(2)10(17)12(13,14)15/h4-6H,3H2,1-2H3. The second kappa shape index (κ2) is 6.17. The molecule has 0 saturated carbocycles. The predicted molar refractivity (Wildman–Crippen MR) is 64.8 cm³/mol. The van der Waals surface area contributed by atoms with Crippen LogP contribution < -0.4 is 0 Å². The number of hydrogen-bond donors (Lipinski definition) is 0. The highest BCUT2D eigenvalue weighted by Gasteiger charge is 2.44. The summed E-state index contributed by atoms with van der Waals surface area (Å²) in [4.78, 5) is 34.1. The second-order valence-electron chi connectivity index (χ2n) is 3.83. The first kappa shape index (κ1) is 16.4. The van der Waals surface area contributed by atoms with Crippen molar-refractivity contribution in [1.82, 2.24) is 0 Å². The zero-order valence-electron chi connectivity index (χ0n) is 10.6. The van der Waals surface area contributed by atoms with Crippen molar-refractivity contribution in [2.24, 2.45) is 5.92 Å². The molecule has 1 atom stereocenters. The molecule has 1 rings (SSSR count). The molecule has 0 aliphatic heterocycles. The minimum atomic E-state index is -5.06. The molecular weight excluding hydrogens is 297 g/mol. The first-order chi connectivity index (χ1) is 9.18. The van der Waals surface area contributed by atoms with Gasteiger partial charge in [-0.1, -0.05) is 0 Å². The summed E-state index contributed by atoms with van der Waals surface area (Å²) in [5.74, 6) is -5.56. The number of carbonyl (C=O) groups is 3. The van der Waals surface area contributed by atoms with Crippen molar-refractivity contribution in [2.45, 2.75) is 20.0 Å². The first-order valence-electron chi connectivity index (χ1n) is 5.60. The van der Waals surface area contributed by atoms with E-state index in [0.717, 1.165) is 6.92 Å². The van der Waals surface area contributed by atoms with E-state index < -0.39 is 29.6 Å². The zero-order valence-corrected chi connectivity index (χ0v) is 11.4. The van der Waals surface area contributed by atoms with Crippen molar-refractivity contribution in [3.63, 3.8) is 0 Å². The zero-order chi connectivity index (χ0) is 15.5. The third-order valence-electron chi connectivity index (χ3n) is 2.39. The molecule has 0 bridgehead atoms. The third-order valence-corrected chi connectivity index (χ3v) is 3.47. The predicted octanol–water partition coefficient (Wildman–Crippen LogP) is 2.88. The number of hydrogen-bond acceptors (Lipinski definition) is 5. The Labute approximate surface area is 116 Å². The molecule has 1 unspecified atom stereocenters. The number of ether oxygens (including phenoxy) is 1. The minimum Gasteiger partial charge on any atom is -0.462 e. The van der Waals surface area contributed by atoms with E-state index in [1.807, 2.05) is 0 Å². The van der Waals surface area contributed by atoms with Crippen molar-refractivity contribution in [2.75, 3.05) is 6.61 Å². The molecule has 1 heterocycles. The molecule has 0 aromatic carbocycles. The number of Topliss-reactive ketones (excluding diaryl/α,β-unsaturated/α-hetero) is 2. The molecule has 0 fully saturated rings. The van der Waals surface area contributed by atoms with Crippen LogP contribution in [-0.4, -0.2) is 30.3 Å². The summed E-state index contributed by atoms with van der Waals surface area (Å²) in [5.41, 5.74) is 0. The number of alkyl halides is 3. The van der Waals surface area contributed by atoms with Crippen LogP contribution in [0.3, 0.4) is 0 Å². The van der Waals surface area contributed by atoms with Gasteiger partial charge in [-0.3, -0.25) is 9.59 Å². The molecule has 1 aromatic rings. The van der Waals surface area contributed by atoms with Crippen LogP contribution in [0.4, 0.5) is 13.2 Å². The lowest BCUT2D eigenvalue weighted by molar-refractivity contribution is -0.173. The lowest BCUT2D eigenvalue weighted by Crippen LogP contribution is -2.33. The fraction of sp³-hybridized carbons (Fsp3) is 0.417. The van der Waals surface area contributed by atoms with Crippen LogP contribution in [0.15, 0.2) is 12.1 Å². The van der Waals surface area contributed by atoms with E-state index in [-0.39, 0.29) is 16.4 Å². The lowest BCUT2D eigenvalue weighted by atomic mass is 10.00. The number of carbonyl (C=O) groups excluding carboxylic acids is 3. The van der Waals surface area contributed by atoms with E-state index in [0.29, 0.717) is 11.3 Å². The average Bonchev–Trinajstić information content (AvgIpc) is 2.84. The maximum absolute atomic E-state index is 12.2. The van der Waals surface area contributed by atoms with Gasteiger partial charge in [-0.2, -0.15) is 13.2 Å². The monoisotopic (exact) mass is 308 g/mol. The molecule has 0 N–H and O–H groups in total. The Morgan fingerprint density at radius 2 is 1.80 bits per heavy atom. The van der Waals surface area contributed by atoms with Crippen molar-refractivity contribution >= 4 is 28.9 Å². The summed E-state index contributed by atoms with van der Waals surface area (Å²) >= 11 is 0.702. The Balaban J connectivity index is 2.88. The smallest absolute Gasteiger partial charge is 0.450 e. The minimum absolute atomic E-state index is 0.0850. The number of rotatable bonds is 5. The summed E-state index contributed by atoms with van der Waals surface area (Å²) in [6.45, 7) is 2.63. The Hall–Kier alpha value is -1.70. The SMILES string of the molecule is CCOC(=O)c1ccc(C(=O)C(C)C(=O)C(F)(F)F)s1. The van der Waals surface area contributed by atoms with E-state index >= 15 is 0 Å². The molecule has 0 aliphatic rings. The molecule has 0 radical (unpaired) electrons. The fourth-order valence-corrected chi connectivity index (χ4v) is 2.29. The Kier molecular flexibility index (Phi) is 5.04. The summed E-state index contributed by atoms with van der Waals surface area (Å²) in [7, 11) is 0. The molecule has 20 heavy (non-hydrogen) atoms. The highest BCUT2D eigenvalue weighted by molar-refractivity contribution is 7.16. The number of esters is 1. The molecule has 110 valence electrons. The van der Waals surface area contributed by atoms with Gasteiger partial charge >= 0.3 is 12.1 Å². The fourth-order valence-electron chi connectivity index (χ4n) is 1.36. The number of thiophene rings is 1. The largest absolute Gasteiger partial charge is 0.462 e. The van der Waals surface area contributed by atoms with Gasteiger partial charge in [0.05, 0.1) is 17.4 Å². The maximum atomic E-state index is 12.2. The van der Waals surface area contributed by atoms with Crippen LogP contribution >= 0.6 is 11.3 Å². The summed E-state index contributed by atoms with van der Waals surface area (Å²) < 4.78 is 41.4. The van der Waals surface area contributed by atoms with Crippen LogP contribution in [0, 0.1) is 5.92 Å². The topological polar surface area (TPSA) is 60.4 Å². The molecule has 0 saturated heterocycles. The van der Waals surface area contributed by atoms with Crippen LogP contribution in [-0.2, 0) is 9.53 Å². The quantitative estimate of drug-likeness (QED) is 0.477. The van der Waals surface area contributed by atoms with Gasteiger partial charge in [-0.15, -0.1) is 11.3 Å². The van der Waals surface area contributed by atoms with Crippen molar-refractivity contribution < 1.29 is 32.3 Å². The molecule has 4 nitrogen and oxygen atoms in total. The van der Waals surface area contributed by atoms with Gasteiger partial charge in [-0.25, -0.2) is 4.79 Å². The van der Waals surface area contributed by atoms with Gasteiger partial charge in [-0.05, 0) is 26.0 Å². The van der Waals surface area contributed by atoms with E-state index in [2.05, 4.69) is 0 Å². The van der Waals surface area contributed by atoms with Crippen molar-refractivity contribution in [3.8, 4) is 0 Å². The van der Waals surface area contributed by atoms with Gasteiger partial charge in [0.1, 0.15) is 4.88 Å². The lowest BCUT2D eigenvalue weighted by Gasteiger charge is -2.10. The van der Waals surface area contributed by atoms with E-state index in [1.54, 1.807) is 6.92 Å². The number of ketones is 2. The van der Waals surface area contributed by atoms with Gasteiger partial charge in [0, 0.05) is 0 Å². The Bertz CT molecular complexity index is 533. The highest BCUT2D eigenvalue weighted by Crippen LogP contribution is 2.26. The van der Waals surface area contributed by atoms with Crippen LogP contribution in [0.5, 0.6) is 0 Å². The maximum Gasteiger partial charge on any atom is 0.450 e. The van der Waals surface area contributed by atoms with Crippen LogP contribution in [0.1, 0.15) is 33.2 Å². The van der Waals surface area contributed by atoms with E-state index in [1.165, 1.54) is 12.1 Å². The molecule has 1 aromatic heterocycles. The second-order valence-corrected chi connectivity index (χ2v) is 4.92. The van der Waals surface area contributed by atoms with E-state index in [4.69, 9.17) is 4.74 Å². The molecule has 0 aliphatic carbocycles. The molecule has 0 spiro atoms. The van der Waals surface area contributed by atoms with Crippen LogP contribution in [0.25, 0.3) is 0 Å². The third kappa shape index (κ3) is 3.66. The number of halogens is 3. The Morgan fingerprint density at radius 1 is 1.25 bits per heavy atom. The summed E-state index contributed by atoms with van der Waals surface area (Å²) in [5, 5.41) is 0. The van der Waals surface area contributed by atoms with Gasteiger partial charge in [0.25, 0.3) is 0 Å². The van der Waals surface area contributed by atoms with Crippen molar-refractivity contribution in [1.29, 1.82) is 0 Å². The Morgan fingerprint density at radius 3 is 2.30 bits per heavy atom. The first-order valence-corrected chi connectivity index (χ1v) is 6.42.